The Morgan fingerprint density at radius 1 is 0.409 bits per heavy atom. The average molecular weight is 849 g/mol. The molecular weight excluding hydrogens is 801 g/mol. The van der Waals surface area contributed by atoms with Gasteiger partial charge in [0.2, 0.25) is 0 Å². The highest BCUT2D eigenvalue weighted by Gasteiger charge is 2.25. The fourth-order valence-electron chi connectivity index (χ4n) is 9.89. The molecule has 1 aliphatic rings. The van der Waals surface area contributed by atoms with Crippen molar-refractivity contribution in [2.75, 3.05) is 5.73 Å². The number of nitrogens with one attached hydrogen (secondary N) is 1. The highest BCUT2D eigenvalue weighted by molar-refractivity contribution is 6.25. The van der Waals surface area contributed by atoms with E-state index in [0.717, 1.165) is 22.3 Å². The van der Waals surface area contributed by atoms with E-state index in [1.54, 1.807) is 0 Å². The normalized spacial score (nSPS) is 11.9. The molecule has 1 aliphatic carbocycles. The van der Waals surface area contributed by atoms with Crippen molar-refractivity contribution in [1.29, 1.82) is 5.41 Å². The molecule has 12 aromatic rings. The summed E-state index contributed by atoms with van der Waals surface area (Å²) in [6.45, 7) is 6.15. The molecule has 4 nitrogen and oxygen atoms in total. The standard InChI is InChI=1S/C45H30N2.C13H10N2.C4H8/c1-29-15-16-32-26-36(21-17-31(32)25-29)47-41-14-8-7-13-38(41)39-27-33(19-22-42(39)47)34-20-23-43-40(28-34)45-37-12-6-5-9-30(37)18-24-44(45)46(43)35-10-3-2-4-11-35;14-11-7-3-6-9-8-4-1-2-5-10(8)13(15)12(9)11;1-3-4-2/h2-28H,1H3;1-7,15H,14H2;3-4H,1-2H3/b;;4-3-. The molecule has 0 saturated heterocycles. The molecule has 0 aliphatic heterocycles. The zero-order valence-electron chi connectivity index (χ0n) is 37.3. The van der Waals surface area contributed by atoms with Crippen molar-refractivity contribution >= 4 is 76.6 Å². The molecule has 0 saturated carbocycles. The van der Waals surface area contributed by atoms with Gasteiger partial charge in [-0.2, -0.15) is 0 Å². The molecule has 0 radical (unpaired) electrons. The smallest absolute Gasteiger partial charge is 0.0717 e. The van der Waals surface area contributed by atoms with Gasteiger partial charge in [-0.1, -0.05) is 157 Å². The van der Waals surface area contributed by atoms with Gasteiger partial charge in [0.1, 0.15) is 0 Å². The van der Waals surface area contributed by atoms with Crippen LogP contribution in [0.3, 0.4) is 0 Å². The minimum absolute atomic E-state index is 0.540. The number of nitrogen functional groups attached to an aromatic ring is 1. The summed E-state index contributed by atoms with van der Waals surface area (Å²) in [5.74, 6) is 0. The first-order valence-corrected chi connectivity index (χ1v) is 22.6. The van der Waals surface area contributed by atoms with Crippen molar-refractivity contribution in [3.63, 3.8) is 0 Å². The summed E-state index contributed by atoms with van der Waals surface area (Å²) in [4.78, 5) is 0. The molecule has 0 fully saturated rings. The molecule has 0 spiro atoms. The SMILES string of the molecule is C/C=C\C.Cc1ccc2cc(-n3c4ccccc4c4cc(-c5ccc6c(c5)c5c7ccccc7ccc5n6-c5ccccc5)ccc43)ccc2c1.N=C1c2ccccc2-c2cccc(N)c21. The number of anilines is 1. The molecule has 2 heterocycles. The third-order valence-electron chi connectivity index (χ3n) is 13.1. The Hall–Kier alpha value is -8.47. The number of benzene rings is 10. The Bertz CT molecular complexity index is 3880. The number of fused-ring (bicyclic) bond motifs is 12. The highest BCUT2D eigenvalue weighted by atomic mass is 15.0. The molecule has 66 heavy (non-hydrogen) atoms. The lowest BCUT2D eigenvalue weighted by molar-refractivity contribution is 1.18. The second-order valence-corrected chi connectivity index (χ2v) is 17.1. The van der Waals surface area contributed by atoms with Crippen LogP contribution < -0.4 is 5.73 Å². The van der Waals surface area contributed by atoms with Crippen LogP contribution in [0.25, 0.3) is 98.8 Å². The van der Waals surface area contributed by atoms with Gasteiger partial charge in [-0.15, -0.1) is 0 Å². The molecule has 0 atom stereocenters. The Balaban J connectivity index is 0.000000211. The number of para-hydroxylation sites is 2. The maximum atomic E-state index is 8.07. The van der Waals surface area contributed by atoms with E-state index in [9.17, 15) is 0 Å². The maximum Gasteiger partial charge on any atom is 0.0717 e. The summed E-state index contributed by atoms with van der Waals surface area (Å²) in [6, 6.07) is 74.0. The number of nitrogens with two attached hydrogens (primary N) is 1. The van der Waals surface area contributed by atoms with Crippen molar-refractivity contribution in [2.45, 2.75) is 20.8 Å². The fraction of sp³-hybridized carbons (Fsp3) is 0.0484. The van der Waals surface area contributed by atoms with Crippen LogP contribution in [0.1, 0.15) is 30.5 Å². The van der Waals surface area contributed by atoms with Crippen molar-refractivity contribution in [3.8, 4) is 33.6 Å². The minimum atomic E-state index is 0.540. The lowest BCUT2D eigenvalue weighted by atomic mass is 9.99. The lowest BCUT2D eigenvalue weighted by Crippen LogP contribution is -2.00. The number of aryl methyl sites for hydroxylation is 1. The van der Waals surface area contributed by atoms with Gasteiger partial charge < -0.3 is 14.9 Å². The molecule has 0 amide bonds. The predicted octanol–water partition coefficient (Wildman–Crippen LogP) is 16.4. The summed E-state index contributed by atoms with van der Waals surface area (Å²) >= 11 is 0. The van der Waals surface area contributed by atoms with Crippen LogP contribution in [0, 0.1) is 12.3 Å². The van der Waals surface area contributed by atoms with E-state index in [2.05, 4.69) is 180 Å². The Kier molecular flexibility index (Phi) is 10.1. The van der Waals surface area contributed by atoms with Gasteiger partial charge in [0.05, 0.1) is 27.8 Å². The third kappa shape index (κ3) is 6.74. The zero-order valence-corrected chi connectivity index (χ0v) is 37.3. The molecule has 2 aromatic heterocycles. The van der Waals surface area contributed by atoms with Crippen LogP contribution in [-0.2, 0) is 0 Å². The molecule has 4 heteroatoms. The third-order valence-corrected chi connectivity index (χ3v) is 13.1. The summed E-state index contributed by atoms with van der Waals surface area (Å²) in [5, 5.41) is 18.2. The van der Waals surface area contributed by atoms with Gasteiger partial charge in [-0.3, -0.25) is 5.41 Å². The number of nitrogens with zero attached hydrogens (tertiary/aromatic N) is 2. The van der Waals surface area contributed by atoms with Crippen LogP contribution in [0.2, 0.25) is 0 Å². The van der Waals surface area contributed by atoms with Crippen LogP contribution >= 0.6 is 0 Å². The van der Waals surface area contributed by atoms with Crippen molar-refractivity contribution in [2.24, 2.45) is 0 Å². The van der Waals surface area contributed by atoms with Crippen LogP contribution in [0.5, 0.6) is 0 Å². The maximum absolute atomic E-state index is 8.07. The van der Waals surface area contributed by atoms with Crippen LogP contribution in [0.4, 0.5) is 5.69 Å². The fourth-order valence-corrected chi connectivity index (χ4v) is 9.89. The van der Waals surface area contributed by atoms with E-state index in [1.807, 2.05) is 68.5 Å². The van der Waals surface area contributed by atoms with Crippen molar-refractivity contribution in [1.82, 2.24) is 9.13 Å². The van der Waals surface area contributed by atoms with Crippen molar-refractivity contribution < 1.29 is 0 Å². The minimum Gasteiger partial charge on any atom is -0.398 e. The monoisotopic (exact) mass is 848 g/mol. The van der Waals surface area contributed by atoms with Crippen molar-refractivity contribution in [3.05, 3.63) is 235 Å². The molecule has 316 valence electrons. The molecule has 13 rings (SSSR count). The van der Waals surface area contributed by atoms with Gasteiger partial charge in [-0.25, -0.2) is 0 Å². The second kappa shape index (κ2) is 16.6. The molecule has 0 unspecified atom stereocenters. The quantitative estimate of drug-likeness (QED) is 0.135. The molecule has 0 bridgehead atoms. The van der Waals surface area contributed by atoms with E-state index >= 15 is 0 Å². The summed E-state index contributed by atoms with van der Waals surface area (Å²) < 4.78 is 4.82. The van der Waals surface area contributed by atoms with Gasteiger partial charge in [0.15, 0.2) is 0 Å². The molecule has 10 aromatic carbocycles. The van der Waals surface area contributed by atoms with E-state index in [0.29, 0.717) is 11.4 Å². The number of hydrogen-bond donors (Lipinski definition) is 2. The first-order valence-electron chi connectivity index (χ1n) is 22.6. The molecular formula is C62H48N4. The summed E-state index contributed by atoms with van der Waals surface area (Å²) in [5.41, 5.74) is 22.1. The zero-order chi connectivity index (χ0) is 44.9. The first kappa shape index (κ1) is 40.3. The number of aromatic nitrogens is 2. The lowest BCUT2D eigenvalue weighted by Gasteiger charge is -2.10. The van der Waals surface area contributed by atoms with E-state index in [-0.39, 0.29) is 0 Å². The predicted molar refractivity (Wildman–Crippen MR) is 283 cm³/mol. The largest absolute Gasteiger partial charge is 0.398 e. The highest BCUT2D eigenvalue weighted by Crippen LogP contribution is 2.41. The van der Waals surface area contributed by atoms with Crippen LogP contribution in [0.15, 0.2) is 218 Å². The van der Waals surface area contributed by atoms with Gasteiger partial charge in [-0.05, 0) is 131 Å². The summed E-state index contributed by atoms with van der Waals surface area (Å²) in [7, 11) is 0. The van der Waals surface area contributed by atoms with E-state index in [1.165, 1.54) is 93.2 Å². The first-order chi connectivity index (χ1) is 32.4. The van der Waals surface area contributed by atoms with Gasteiger partial charge in [0.25, 0.3) is 0 Å². The number of allylic oxidation sites excluding steroid dienone is 2. The molecule has 3 N–H and O–H groups in total. The number of hydrogen-bond acceptors (Lipinski definition) is 2. The van der Waals surface area contributed by atoms with E-state index in [4.69, 9.17) is 11.1 Å². The Labute approximate surface area is 384 Å². The average Bonchev–Trinajstić information content (AvgIpc) is 3.99. The topological polar surface area (TPSA) is 59.7 Å². The Morgan fingerprint density at radius 2 is 0.985 bits per heavy atom. The van der Waals surface area contributed by atoms with E-state index < -0.39 is 0 Å². The van der Waals surface area contributed by atoms with Crippen LogP contribution in [-0.4, -0.2) is 14.8 Å². The van der Waals surface area contributed by atoms with Gasteiger partial charge >= 0.3 is 0 Å². The summed E-state index contributed by atoms with van der Waals surface area (Å²) in [6.07, 6.45) is 4.00. The number of rotatable bonds is 3. The second-order valence-electron chi connectivity index (χ2n) is 17.1. The Morgan fingerprint density at radius 3 is 1.77 bits per heavy atom. The van der Waals surface area contributed by atoms with Gasteiger partial charge in [0, 0.05) is 49.7 Å².